The zero-order valence-electron chi connectivity index (χ0n) is 19.4. The number of aromatic nitrogens is 1. The van der Waals surface area contributed by atoms with Crippen LogP contribution in [0, 0.1) is 17.6 Å². The zero-order chi connectivity index (χ0) is 24.6. The molecule has 0 radical (unpaired) electrons. The van der Waals surface area contributed by atoms with Gasteiger partial charge >= 0.3 is 0 Å². The summed E-state index contributed by atoms with van der Waals surface area (Å²) in [6.45, 7) is 0.562. The average molecular weight is 498 g/mol. The van der Waals surface area contributed by atoms with Crippen LogP contribution in [0.5, 0.6) is 0 Å². The number of sulfone groups is 1. The number of rotatable bonds is 4. The highest BCUT2D eigenvalue weighted by atomic mass is 32.2. The van der Waals surface area contributed by atoms with Gasteiger partial charge in [0.1, 0.15) is 11.6 Å². The first-order valence-electron chi connectivity index (χ1n) is 11.7. The van der Waals surface area contributed by atoms with E-state index >= 15 is 4.39 Å². The molecule has 0 bridgehead atoms. The first-order valence-corrected chi connectivity index (χ1v) is 13.8. The molecule has 6 rings (SSSR count). The lowest BCUT2D eigenvalue weighted by molar-refractivity contribution is 0.568. The Morgan fingerprint density at radius 1 is 1.14 bits per heavy atom. The molecule has 0 spiro atoms. The van der Waals surface area contributed by atoms with Crippen LogP contribution in [0.2, 0.25) is 0 Å². The lowest BCUT2D eigenvalue weighted by Crippen LogP contribution is -2.40. The van der Waals surface area contributed by atoms with Crippen LogP contribution < -0.4 is 15.8 Å². The Labute approximate surface area is 202 Å². The minimum Gasteiger partial charge on any atom is -0.384 e. The van der Waals surface area contributed by atoms with Crippen molar-refractivity contribution in [3.05, 3.63) is 86.5 Å². The number of halogens is 2. The van der Waals surface area contributed by atoms with Crippen molar-refractivity contribution in [2.45, 2.75) is 25.3 Å². The lowest BCUT2D eigenvalue weighted by atomic mass is 9.91. The van der Waals surface area contributed by atoms with Gasteiger partial charge in [-0.15, -0.1) is 0 Å². The van der Waals surface area contributed by atoms with E-state index in [-0.39, 0.29) is 23.3 Å². The molecule has 1 aromatic carbocycles. The van der Waals surface area contributed by atoms with Gasteiger partial charge in [0.05, 0.1) is 28.7 Å². The maximum absolute atomic E-state index is 15.1. The van der Waals surface area contributed by atoms with Crippen LogP contribution in [-0.4, -0.2) is 37.6 Å². The van der Waals surface area contributed by atoms with Gasteiger partial charge in [-0.3, -0.25) is 4.79 Å². The smallest absolute Gasteiger partial charge is 0.260 e. The SMILES string of the molecule is Cn1ccc2c(c1=O)C1=C3C(=C(C4CC4)N(c4ccc(F)cc4F)C3CCN1)C=C2CS(C)(=O)=O. The maximum Gasteiger partial charge on any atom is 0.260 e. The van der Waals surface area contributed by atoms with Crippen molar-refractivity contribution in [3.63, 3.8) is 0 Å². The number of nitrogens with zero attached hydrogens (tertiary/aromatic N) is 2. The van der Waals surface area contributed by atoms with E-state index in [0.29, 0.717) is 41.1 Å². The van der Waals surface area contributed by atoms with E-state index in [1.165, 1.54) is 23.0 Å². The van der Waals surface area contributed by atoms with Crippen LogP contribution in [0.4, 0.5) is 14.5 Å². The molecule has 1 saturated carbocycles. The summed E-state index contributed by atoms with van der Waals surface area (Å²) in [5, 5.41) is 3.41. The molecule has 0 amide bonds. The lowest BCUT2D eigenvalue weighted by Gasteiger charge is -2.34. The number of pyridine rings is 1. The minimum absolute atomic E-state index is 0.189. The van der Waals surface area contributed by atoms with E-state index in [2.05, 4.69) is 5.32 Å². The van der Waals surface area contributed by atoms with Gasteiger partial charge in [0, 0.05) is 49.0 Å². The molecule has 2 aliphatic heterocycles. The molecule has 6 nitrogen and oxygen atoms in total. The third-order valence-electron chi connectivity index (χ3n) is 7.19. The number of hydrogen-bond acceptors (Lipinski definition) is 5. The first-order chi connectivity index (χ1) is 16.6. The molecule has 0 saturated heterocycles. The van der Waals surface area contributed by atoms with Gasteiger partial charge in [-0.2, -0.15) is 0 Å². The Morgan fingerprint density at radius 2 is 1.91 bits per heavy atom. The molecule has 1 atom stereocenters. The second-order valence-corrected chi connectivity index (χ2v) is 12.0. The molecule has 35 heavy (non-hydrogen) atoms. The third kappa shape index (κ3) is 3.55. The van der Waals surface area contributed by atoms with E-state index < -0.39 is 21.5 Å². The van der Waals surface area contributed by atoms with E-state index in [1.807, 2.05) is 11.0 Å². The number of benzene rings is 1. The first kappa shape index (κ1) is 22.3. The predicted molar refractivity (Wildman–Crippen MR) is 131 cm³/mol. The summed E-state index contributed by atoms with van der Waals surface area (Å²) in [6.07, 6.45) is 7.25. The monoisotopic (exact) mass is 497 g/mol. The van der Waals surface area contributed by atoms with Crippen molar-refractivity contribution in [3.8, 4) is 0 Å². The largest absolute Gasteiger partial charge is 0.384 e. The fourth-order valence-corrected chi connectivity index (χ4v) is 6.47. The van der Waals surface area contributed by atoms with Crippen LogP contribution in [0.25, 0.3) is 11.3 Å². The molecule has 3 heterocycles. The Bertz CT molecular complexity index is 1550. The number of fused-ring (bicyclic) bond motifs is 2. The fraction of sp³-hybridized carbons (Fsp3) is 0.346. The number of anilines is 1. The van der Waals surface area contributed by atoms with Crippen LogP contribution in [0.1, 0.15) is 30.4 Å². The summed E-state index contributed by atoms with van der Waals surface area (Å²) < 4.78 is 55.2. The van der Waals surface area contributed by atoms with Crippen molar-refractivity contribution >= 4 is 26.8 Å². The second kappa shape index (κ2) is 7.65. The van der Waals surface area contributed by atoms with Crippen LogP contribution in [0.3, 0.4) is 0 Å². The molecular weight excluding hydrogens is 472 g/mol. The molecule has 1 N–H and O–H groups in total. The van der Waals surface area contributed by atoms with E-state index in [0.717, 1.165) is 35.8 Å². The summed E-state index contributed by atoms with van der Waals surface area (Å²) in [5.41, 5.74) is 5.00. The topological polar surface area (TPSA) is 71.4 Å². The Balaban J connectivity index is 1.70. The normalized spacial score (nSPS) is 21.4. The number of allylic oxidation sites excluding steroid dienone is 2. The van der Waals surface area contributed by atoms with E-state index in [9.17, 15) is 17.6 Å². The van der Waals surface area contributed by atoms with E-state index in [1.54, 1.807) is 19.3 Å². The molecule has 2 aromatic rings. The fourth-order valence-electron chi connectivity index (χ4n) is 5.66. The molecule has 182 valence electrons. The Morgan fingerprint density at radius 3 is 2.60 bits per heavy atom. The minimum atomic E-state index is -3.41. The van der Waals surface area contributed by atoms with Gasteiger partial charge < -0.3 is 14.8 Å². The van der Waals surface area contributed by atoms with Crippen LogP contribution in [-0.2, 0) is 16.9 Å². The standard InChI is InChI=1S/C26H25F2N3O3S/c1-30-10-8-17-15(13-35(2,33)34)11-18-22-21(7-9-29-24(22)23(17)26(30)32)31(25(18)14-3-4-14)20-6-5-16(27)12-19(20)28/h5-6,8,10-12,14,21,29H,3-4,7,9,13H2,1-2H3. The molecular formula is C26H25F2N3O3S. The van der Waals surface area contributed by atoms with E-state index in [4.69, 9.17) is 0 Å². The predicted octanol–water partition coefficient (Wildman–Crippen LogP) is 3.36. The second-order valence-electron chi connectivity index (χ2n) is 9.82. The molecule has 1 unspecified atom stereocenters. The van der Waals surface area contributed by atoms with Crippen LogP contribution >= 0.6 is 0 Å². The van der Waals surface area contributed by atoms with Gasteiger partial charge in [-0.25, -0.2) is 17.2 Å². The summed E-state index contributed by atoms with van der Waals surface area (Å²) in [6, 6.07) is 5.17. The highest BCUT2D eigenvalue weighted by molar-refractivity contribution is 7.91. The molecule has 9 heteroatoms. The molecule has 1 fully saturated rings. The van der Waals surface area contributed by atoms with Crippen molar-refractivity contribution < 1.29 is 17.2 Å². The summed E-state index contributed by atoms with van der Waals surface area (Å²) >= 11 is 0. The van der Waals surface area contributed by atoms with Gasteiger partial charge in [0.15, 0.2) is 9.84 Å². The Kier molecular flexibility index (Phi) is 4.87. The van der Waals surface area contributed by atoms with Crippen molar-refractivity contribution in [1.82, 2.24) is 9.88 Å². The summed E-state index contributed by atoms with van der Waals surface area (Å²) in [7, 11) is -1.74. The summed E-state index contributed by atoms with van der Waals surface area (Å²) in [4.78, 5) is 15.4. The van der Waals surface area contributed by atoms with Gasteiger partial charge in [-0.05, 0) is 60.6 Å². The quantitative estimate of drug-likeness (QED) is 0.702. The molecule has 4 aliphatic rings. The van der Waals surface area contributed by atoms with Crippen LogP contribution in [0.15, 0.2) is 58.2 Å². The number of aryl methyl sites for hydroxylation is 1. The summed E-state index contributed by atoms with van der Waals surface area (Å²) in [5.74, 6) is -1.31. The Hall–Kier alpha value is -3.20. The van der Waals surface area contributed by atoms with Crippen molar-refractivity contribution in [2.24, 2.45) is 13.0 Å². The average Bonchev–Trinajstić information content (AvgIpc) is 3.58. The highest BCUT2D eigenvalue weighted by Crippen LogP contribution is 2.53. The van der Waals surface area contributed by atoms with Crippen molar-refractivity contribution in [2.75, 3.05) is 23.5 Å². The van der Waals surface area contributed by atoms with Gasteiger partial charge in [0.2, 0.25) is 0 Å². The number of nitrogens with one attached hydrogen (secondary N) is 1. The highest BCUT2D eigenvalue weighted by Gasteiger charge is 2.47. The molecule has 1 aromatic heterocycles. The number of hydrogen-bond donors (Lipinski definition) is 1. The van der Waals surface area contributed by atoms with Crippen molar-refractivity contribution in [1.29, 1.82) is 0 Å². The third-order valence-corrected chi connectivity index (χ3v) is 8.03. The van der Waals surface area contributed by atoms with Gasteiger partial charge in [0.25, 0.3) is 5.56 Å². The molecule has 2 aliphatic carbocycles. The maximum atomic E-state index is 15.1. The van der Waals surface area contributed by atoms with Gasteiger partial charge in [-0.1, -0.05) is 0 Å². The zero-order valence-corrected chi connectivity index (χ0v) is 20.3.